The Bertz CT molecular complexity index is 650. The highest BCUT2D eigenvalue weighted by Gasteiger charge is 2.18. The number of nitrogens with one attached hydrogen (secondary N) is 1. The highest BCUT2D eigenvalue weighted by atomic mass is 16.2. The van der Waals surface area contributed by atoms with Gasteiger partial charge in [0.2, 0.25) is 5.91 Å². The summed E-state index contributed by atoms with van der Waals surface area (Å²) in [7, 11) is 0. The standard InChI is InChI=1S/C16H21N5O2/c1-4-20(10-15(22)19-12(2)3)16(23)13-5-6-14(18-9-13)21-8-7-17-11-21/h5-9,11-12H,4,10H2,1-3H3,(H,19,22). The zero-order valence-corrected chi connectivity index (χ0v) is 13.6. The van der Waals surface area contributed by atoms with Crippen LogP contribution in [0.4, 0.5) is 0 Å². The average Bonchev–Trinajstić information content (AvgIpc) is 3.06. The summed E-state index contributed by atoms with van der Waals surface area (Å²) in [6, 6.07) is 3.50. The molecule has 122 valence electrons. The minimum Gasteiger partial charge on any atom is -0.352 e. The lowest BCUT2D eigenvalue weighted by Gasteiger charge is -2.21. The zero-order valence-electron chi connectivity index (χ0n) is 13.6. The monoisotopic (exact) mass is 315 g/mol. The molecule has 7 heteroatoms. The number of aromatic nitrogens is 3. The van der Waals surface area contributed by atoms with Crippen LogP contribution < -0.4 is 5.32 Å². The average molecular weight is 315 g/mol. The van der Waals surface area contributed by atoms with Crippen LogP contribution in [0.15, 0.2) is 37.1 Å². The Labute approximate surface area is 135 Å². The molecule has 0 spiro atoms. The van der Waals surface area contributed by atoms with Crippen LogP contribution in [-0.4, -0.2) is 50.4 Å². The number of hydrogen-bond donors (Lipinski definition) is 1. The molecule has 0 aliphatic rings. The van der Waals surface area contributed by atoms with E-state index in [2.05, 4.69) is 15.3 Å². The van der Waals surface area contributed by atoms with E-state index in [1.165, 1.54) is 11.1 Å². The Morgan fingerprint density at radius 3 is 2.65 bits per heavy atom. The van der Waals surface area contributed by atoms with E-state index in [4.69, 9.17) is 0 Å². The van der Waals surface area contributed by atoms with Crippen molar-refractivity contribution in [3.05, 3.63) is 42.6 Å². The van der Waals surface area contributed by atoms with E-state index >= 15 is 0 Å². The van der Waals surface area contributed by atoms with Crippen LogP contribution in [0.2, 0.25) is 0 Å². The molecular weight excluding hydrogens is 294 g/mol. The summed E-state index contributed by atoms with van der Waals surface area (Å²) in [4.78, 5) is 34.0. The van der Waals surface area contributed by atoms with Gasteiger partial charge in [-0.2, -0.15) is 0 Å². The molecule has 2 rings (SSSR count). The first-order valence-corrected chi connectivity index (χ1v) is 7.54. The lowest BCUT2D eigenvalue weighted by Crippen LogP contribution is -2.42. The van der Waals surface area contributed by atoms with Crippen molar-refractivity contribution in [2.75, 3.05) is 13.1 Å². The molecule has 0 atom stereocenters. The van der Waals surface area contributed by atoms with Gasteiger partial charge < -0.3 is 10.2 Å². The lowest BCUT2D eigenvalue weighted by atomic mass is 10.2. The largest absolute Gasteiger partial charge is 0.352 e. The molecule has 2 aromatic rings. The van der Waals surface area contributed by atoms with Gasteiger partial charge in [0.15, 0.2) is 0 Å². The second-order valence-corrected chi connectivity index (χ2v) is 5.42. The summed E-state index contributed by atoms with van der Waals surface area (Å²) in [5, 5.41) is 2.78. The van der Waals surface area contributed by atoms with Crippen molar-refractivity contribution in [3.8, 4) is 5.82 Å². The van der Waals surface area contributed by atoms with Crippen LogP contribution in [0.1, 0.15) is 31.1 Å². The van der Waals surface area contributed by atoms with Crippen molar-refractivity contribution in [2.24, 2.45) is 0 Å². The molecule has 0 radical (unpaired) electrons. The predicted octanol–water partition coefficient (Wildman–Crippen LogP) is 1.25. The maximum absolute atomic E-state index is 12.5. The third kappa shape index (κ3) is 4.38. The van der Waals surface area contributed by atoms with E-state index in [1.54, 1.807) is 35.4 Å². The molecule has 2 aromatic heterocycles. The zero-order chi connectivity index (χ0) is 16.8. The molecule has 0 unspecified atom stereocenters. The second-order valence-electron chi connectivity index (χ2n) is 5.42. The van der Waals surface area contributed by atoms with E-state index in [9.17, 15) is 9.59 Å². The molecule has 2 heterocycles. The van der Waals surface area contributed by atoms with Gasteiger partial charge in [0.1, 0.15) is 12.1 Å². The van der Waals surface area contributed by atoms with Crippen LogP contribution in [0.3, 0.4) is 0 Å². The van der Waals surface area contributed by atoms with Gasteiger partial charge in [0.25, 0.3) is 5.91 Å². The molecule has 0 saturated heterocycles. The first-order valence-electron chi connectivity index (χ1n) is 7.54. The van der Waals surface area contributed by atoms with Crippen molar-refractivity contribution in [3.63, 3.8) is 0 Å². The minimum atomic E-state index is -0.212. The van der Waals surface area contributed by atoms with Gasteiger partial charge in [-0.3, -0.25) is 14.2 Å². The molecule has 0 saturated carbocycles. The van der Waals surface area contributed by atoms with Crippen molar-refractivity contribution in [1.82, 2.24) is 24.8 Å². The third-order valence-corrected chi connectivity index (χ3v) is 3.22. The number of carbonyl (C=O) groups excluding carboxylic acids is 2. The van der Waals surface area contributed by atoms with Gasteiger partial charge in [0.05, 0.1) is 12.1 Å². The summed E-state index contributed by atoms with van der Waals surface area (Å²) in [6.07, 6.45) is 6.59. The Balaban J connectivity index is 2.07. The van der Waals surface area contributed by atoms with Gasteiger partial charge in [-0.25, -0.2) is 9.97 Å². The summed E-state index contributed by atoms with van der Waals surface area (Å²) < 4.78 is 1.75. The molecule has 7 nitrogen and oxygen atoms in total. The molecule has 23 heavy (non-hydrogen) atoms. The highest BCUT2D eigenvalue weighted by Crippen LogP contribution is 2.08. The quantitative estimate of drug-likeness (QED) is 0.870. The first-order chi connectivity index (χ1) is 11.0. The number of imidazole rings is 1. The van der Waals surface area contributed by atoms with Crippen LogP contribution >= 0.6 is 0 Å². The topological polar surface area (TPSA) is 80.1 Å². The fourth-order valence-corrected chi connectivity index (χ4v) is 2.11. The third-order valence-electron chi connectivity index (χ3n) is 3.22. The van der Waals surface area contributed by atoms with Crippen LogP contribution in [-0.2, 0) is 4.79 Å². The summed E-state index contributed by atoms with van der Waals surface area (Å²) in [5.41, 5.74) is 0.452. The maximum Gasteiger partial charge on any atom is 0.255 e. The van der Waals surface area contributed by atoms with E-state index in [0.717, 1.165) is 0 Å². The predicted molar refractivity (Wildman–Crippen MR) is 86.2 cm³/mol. The fraction of sp³-hybridized carbons (Fsp3) is 0.375. The number of rotatable bonds is 6. The molecule has 0 aliphatic carbocycles. The van der Waals surface area contributed by atoms with Crippen molar-refractivity contribution in [1.29, 1.82) is 0 Å². The number of hydrogen-bond acceptors (Lipinski definition) is 4. The molecule has 0 fully saturated rings. The Morgan fingerprint density at radius 1 is 1.35 bits per heavy atom. The van der Waals surface area contributed by atoms with Gasteiger partial charge in [-0.05, 0) is 32.9 Å². The Kier molecular flexibility index (Phi) is 5.46. The van der Waals surface area contributed by atoms with Crippen molar-refractivity contribution < 1.29 is 9.59 Å². The van der Waals surface area contributed by atoms with E-state index in [0.29, 0.717) is 17.9 Å². The number of nitrogens with zero attached hydrogens (tertiary/aromatic N) is 4. The smallest absolute Gasteiger partial charge is 0.255 e. The fourth-order valence-electron chi connectivity index (χ4n) is 2.11. The summed E-state index contributed by atoms with van der Waals surface area (Å²) in [5.74, 6) is 0.300. The molecule has 0 bridgehead atoms. The van der Waals surface area contributed by atoms with Crippen molar-refractivity contribution >= 4 is 11.8 Å². The maximum atomic E-state index is 12.5. The lowest BCUT2D eigenvalue weighted by molar-refractivity contribution is -0.122. The number of pyridine rings is 1. The molecular formula is C16H21N5O2. The first kappa shape index (κ1) is 16.7. The SMILES string of the molecule is CCN(CC(=O)NC(C)C)C(=O)c1ccc(-n2ccnc2)nc1. The van der Waals surface area contributed by atoms with Gasteiger partial charge in [0, 0.05) is 31.2 Å². The minimum absolute atomic E-state index is 0.0385. The number of likely N-dealkylation sites (N-methyl/N-ethyl adjacent to an activating group) is 1. The summed E-state index contributed by atoms with van der Waals surface area (Å²) in [6.45, 7) is 6.10. The van der Waals surface area contributed by atoms with Crippen molar-refractivity contribution in [2.45, 2.75) is 26.8 Å². The Hall–Kier alpha value is -2.70. The molecule has 2 amide bonds. The van der Waals surface area contributed by atoms with E-state index in [-0.39, 0.29) is 24.4 Å². The summed E-state index contributed by atoms with van der Waals surface area (Å²) >= 11 is 0. The van der Waals surface area contributed by atoms with Crippen LogP contribution in [0.25, 0.3) is 5.82 Å². The van der Waals surface area contributed by atoms with Gasteiger partial charge in [-0.15, -0.1) is 0 Å². The highest BCUT2D eigenvalue weighted by molar-refractivity contribution is 5.96. The van der Waals surface area contributed by atoms with Gasteiger partial charge in [-0.1, -0.05) is 0 Å². The van der Waals surface area contributed by atoms with E-state index in [1.807, 2.05) is 20.8 Å². The normalized spacial score (nSPS) is 10.6. The molecule has 0 aromatic carbocycles. The number of carbonyl (C=O) groups is 2. The second kappa shape index (κ2) is 7.53. The van der Waals surface area contributed by atoms with Crippen LogP contribution in [0, 0.1) is 0 Å². The van der Waals surface area contributed by atoms with Gasteiger partial charge >= 0.3 is 0 Å². The molecule has 1 N–H and O–H groups in total. The van der Waals surface area contributed by atoms with E-state index < -0.39 is 0 Å². The number of amides is 2. The van der Waals surface area contributed by atoms with Crippen LogP contribution in [0.5, 0.6) is 0 Å². The Morgan fingerprint density at radius 2 is 2.13 bits per heavy atom. The molecule has 0 aliphatic heterocycles.